The largest absolute Gasteiger partial charge is 0.368 e. The summed E-state index contributed by atoms with van der Waals surface area (Å²) in [7, 11) is 0. The van der Waals surface area contributed by atoms with Crippen LogP contribution < -0.4 is 5.73 Å². The number of H-pyrrole nitrogens is 1. The Kier molecular flexibility index (Phi) is 2.07. The molecule has 5 heteroatoms. The van der Waals surface area contributed by atoms with E-state index in [1.165, 1.54) is 5.56 Å². The van der Waals surface area contributed by atoms with Gasteiger partial charge in [-0.05, 0) is 24.2 Å². The van der Waals surface area contributed by atoms with Gasteiger partial charge in [0.1, 0.15) is 0 Å². The van der Waals surface area contributed by atoms with Crippen LogP contribution in [0.15, 0.2) is 30.3 Å². The van der Waals surface area contributed by atoms with Crippen LogP contribution in [0.25, 0.3) is 0 Å². The van der Waals surface area contributed by atoms with Gasteiger partial charge in [-0.3, -0.25) is 4.57 Å². The van der Waals surface area contributed by atoms with Crippen LogP contribution in [0.1, 0.15) is 23.9 Å². The lowest BCUT2D eigenvalue weighted by Gasteiger charge is -2.02. The van der Waals surface area contributed by atoms with Crippen molar-refractivity contribution >= 4 is 18.2 Å². The van der Waals surface area contributed by atoms with Crippen molar-refractivity contribution in [2.75, 3.05) is 5.73 Å². The zero-order chi connectivity index (χ0) is 11.1. The van der Waals surface area contributed by atoms with E-state index in [1.807, 2.05) is 10.6 Å². The third-order valence-corrected chi connectivity index (χ3v) is 3.34. The van der Waals surface area contributed by atoms with E-state index in [1.54, 1.807) is 0 Å². The summed E-state index contributed by atoms with van der Waals surface area (Å²) in [6.07, 6.45) is 1.09. The first-order valence-electron chi connectivity index (χ1n) is 5.24. The first-order valence-corrected chi connectivity index (χ1v) is 5.65. The maximum atomic E-state index is 5.78. The molecule has 0 amide bonds. The molecule has 0 aliphatic heterocycles. The Morgan fingerprint density at radius 2 is 2.12 bits per heavy atom. The molecule has 1 saturated carbocycles. The Morgan fingerprint density at radius 1 is 1.38 bits per heavy atom. The maximum absolute atomic E-state index is 5.78. The van der Waals surface area contributed by atoms with Crippen LogP contribution in [0, 0.1) is 4.77 Å². The lowest BCUT2D eigenvalue weighted by atomic mass is 10.1. The van der Waals surface area contributed by atoms with Crippen LogP contribution in [0.3, 0.4) is 0 Å². The highest BCUT2D eigenvalue weighted by Crippen LogP contribution is 2.51. The third kappa shape index (κ3) is 1.44. The van der Waals surface area contributed by atoms with Gasteiger partial charge in [-0.15, -0.1) is 5.10 Å². The van der Waals surface area contributed by atoms with Gasteiger partial charge in [-0.25, -0.2) is 5.10 Å². The maximum Gasteiger partial charge on any atom is 0.220 e. The first kappa shape index (κ1) is 9.59. The fraction of sp³-hybridized carbons (Fsp3) is 0.273. The third-order valence-electron chi connectivity index (χ3n) is 3.05. The molecular weight excluding hydrogens is 220 g/mol. The summed E-state index contributed by atoms with van der Waals surface area (Å²) in [4.78, 5) is 0. The Hall–Kier alpha value is -1.62. The molecule has 0 spiro atoms. The van der Waals surface area contributed by atoms with E-state index in [-0.39, 0.29) is 0 Å². The van der Waals surface area contributed by atoms with Crippen molar-refractivity contribution in [2.24, 2.45) is 0 Å². The van der Waals surface area contributed by atoms with Crippen LogP contribution in [0.5, 0.6) is 0 Å². The van der Waals surface area contributed by atoms with Crippen LogP contribution >= 0.6 is 12.2 Å². The summed E-state index contributed by atoms with van der Waals surface area (Å²) < 4.78 is 2.52. The van der Waals surface area contributed by atoms with E-state index in [2.05, 4.69) is 34.5 Å². The summed E-state index contributed by atoms with van der Waals surface area (Å²) in [6, 6.07) is 10.8. The number of nitrogens with two attached hydrogens (primary N) is 1. The molecule has 0 radical (unpaired) electrons. The Morgan fingerprint density at radius 3 is 2.75 bits per heavy atom. The average Bonchev–Trinajstić information content (AvgIpc) is 3.01. The van der Waals surface area contributed by atoms with Gasteiger partial charge in [0.25, 0.3) is 0 Å². The topological polar surface area (TPSA) is 59.6 Å². The SMILES string of the molecule is Nc1n[nH]c(=S)n1C1CC1c1ccccc1. The highest BCUT2D eigenvalue weighted by molar-refractivity contribution is 7.71. The van der Waals surface area contributed by atoms with Gasteiger partial charge in [0.2, 0.25) is 5.95 Å². The normalized spacial score (nSPS) is 23.2. The molecule has 1 aromatic heterocycles. The number of nitrogens with zero attached hydrogens (tertiary/aromatic N) is 2. The molecule has 0 saturated heterocycles. The molecule has 1 fully saturated rings. The minimum absolute atomic E-state index is 0.369. The van der Waals surface area contributed by atoms with Crippen molar-refractivity contribution in [1.82, 2.24) is 14.8 Å². The number of nitrogens with one attached hydrogen (secondary N) is 1. The van der Waals surface area contributed by atoms with Gasteiger partial charge in [-0.1, -0.05) is 30.3 Å². The average molecular weight is 232 g/mol. The molecule has 2 atom stereocenters. The molecule has 1 aromatic carbocycles. The summed E-state index contributed by atoms with van der Waals surface area (Å²) in [5.41, 5.74) is 7.12. The molecule has 82 valence electrons. The van der Waals surface area contributed by atoms with E-state index in [9.17, 15) is 0 Å². The van der Waals surface area contributed by atoms with Crippen molar-refractivity contribution < 1.29 is 0 Å². The Balaban J connectivity index is 1.90. The molecule has 3 N–H and O–H groups in total. The second-order valence-electron chi connectivity index (χ2n) is 4.08. The lowest BCUT2D eigenvalue weighted by Crippen LogP contribution is -2.02. The summed E-state index contributed by atoms with van der Waals surface area (Å²) >= 11 is 5.16. The smallest absolute Gasteiger partial charge is 0.220 e. The second-order valence-corrected chi connectivity index (χ2v) is 4.46. The molecule has 1 aliphatic rings. The predicted molar refractivity (Wildman–Crippen MR) is 64.7 cm³/mol. The fourth-order valence-corrected chi connectivity index (χ4v) is 2.44. The molecule has 2 unspecified atom stereocenters. The molecule has 4 nitrogen and oxygen atoms in total. The number of benzene rings is 1. The standard InChI is InChI=1S/C11H12N4S/c12-10-13-14-11(16)15(10)9-6-8(9)7-4-2-1-3-5-7/h1-5,8-9H,6H2,(H2,12,13)(H,14,16). The number of aromatic amines is 1. The number of anilines is 1. The molecule has 0 bridgehead atoms. The van der Waals surface area contributed by atoms with Gasteiger partial charge in [0, 0.05) is 12.0 Å². The molecular formula is C11H12N4S. The minimum Gasteiger partial charge on any atom is -0.368 e. The zero-order valence-corrected chi connectivity index (χ0v) is 9.45. The summed E-state index contributed by atoms with van der Waals surface area (Å²) in [5.74, 6) is 1.00. The second kappa shape index (κ2) is 3.45. The van der Waals surface area contributed by atoms with E-state index in [0.717, 1.165) is 6.42 Å². The van der Waals surface area contributed by atoms with Gasteiger partial charge < -0.3 is 5.73 Å². The number of rotatable bonds is 2. The number of hydrogen-bond donors (Lipinski definition) is 2. The van der Waals surface area contributed by atoms with Gasteiger partial charge in [-0.2, -0.15) is 0 Å². The lowest BCUT2D eigenvalue weighted by molar-refractivity contribution is 0.714. The van der Waals surface area contributed by atoms with E-state index in [0.29, 0.717) is 22.7 Å². The summed E-state index contributed by atoms with van der Waals surface area (Å²) in [5, 5.41) is 6.65. The quantitative estimate of drug-likeness (QED) is 0.781. The number of aromatic nitrogens is 3. The van der Waals surface area contributed by atoms with Crippen LogP contribution in [0.4, 0.5) is 5.95 Å². The first-order chi connectivity index (χ1) is 7.77. The number of nitrogen functional groups attached to an aromatic ring is 1. The van der Waals surface area contributed by atoms with Crippen molar-refractivity contribution in [1.29, 1.82) is 0 Å². The van der Waals surface area contributed by atoms with Crippen molar-refractivity contribution in [3.8, 4) is 0 Å². The molecule has 1 aliphatic carbocycles. The van der Waals surface area contributed by atoms with Crippen LogP contribution in [0.2, 0.25) is 0 Å². The van der Waals surface area contributed by atoms with E-state index in [4.69, 9.17) is 18.0 Å². The number of hydrogen-bond acceptors (Lipinski definition) is 3. The molecule has 3 rings (SSSR count). The van der Waals surface area contributed by atoms with Gasteiger partial charge in [0.15, 0.2) is 4.77 Å². The van der Waals surface area contributed by atoms with Crippen molar-refractivity contribution in [3.63, 3.8) is 0 Å². The fourth-order valence-electron chi connectivity index (χ4n) is 2.16. The highest BCUT2D eigenvalue weighted by Gasteiger charge is 2.41. The molecule has 16 heavy (non-hydrogen) atoms. The minimum atomic E-state index is 0.369. The van der Waals surface area contributed by atoms with Gasteiger partial charge in [0.05, 0.1) is 0 Å². The monoisotopic (exact) mass is 232 g/mol. The van der Waals surface area contributed by atoms with E-state index < -0.39 is 0 Å². The van der Waals surface area contributed by atoms with Crippen LogP contribution in [-0.2, 0) is 0 Å². The van der Waals surface area contributed by atoms with Crippen LogP contribution in [-0.4, -0.2) is 14.8 Å². The predicted octanol–water partition coefficient (Wildman–Crippen LogP) is 2.25. The summed E-state index contributed by atoms with van der Waals surface area (Å²) in [6.45, 7) is 0. The van der Waals surface area contributed by atoms with Crippen molar-refractivity contribution in [2.45, 2.75) is 18.4 Å². The highest BCUT2D eigenvalue weighted by atomic mass is 32.1. The van der Waals surface area contributed by atoms with Gasteiger partial charge >= 0.3 is 0 Å². The Labute approximate surface area is 98.1 Å². The zero-order valence-electron chi connectivity index (χ0n) is 8.63. The molecule has 2 aromatic rings. The Bertz CT molecular complexity index is 557. The van der Waals surface area contributed by atoms with Crippen molar-refractivity contribution in [3.05, 3.63) is 40.7 Å². The van der Waals surface area contributed by atoms with E-state index >= 15 is 0 Å². The molecule has 1 heterocycles.